The molecule has 0 aliphatic rings. The second-order valence-electron chi connectivity index (χ2n) is 3.72. The van der Waals surface area contributed by atoms with Crippen molar-refractivity contribution in [3.63, 3.8) is 0 Å². The number of nitrogens with zero attached hydrogens (tertiary/aromatic N) is 2. The molecule has 2 nitrogen and oxygen atoms in total. The van der Waals surface area contributed by atoms with Gasteiger partial charge in [0.15, 0.2) is 0 Å². The highest BCUT2D eigenvalue weighted by Crippen LogP contribution is 2.30. The largest absolute Gasteiger partial charge is 0.340 e. The number of aromatic nitrogens is 2. The SMILES string of the molecule is Cn1c2cnc(Cl)cc2c2cccc(F)c21. The molecule has 0 atom stereocenters. The molecule has 0 saturated carbocycles. The minimum atomic E-state index is -0.229. The maximum atomic E-state index is 13.7. The number of hydrogen-bond acceptors (Lipinski definition) is 1. The molecular weight excluding hydrogens is 227 g/mol. The number of fused-ring (bicyclic) bond motifs is 3. The molecule has 4 heteroatoms. The van der Waals surface area contributed by atoms with Crippen molar-refractivity contribution in [2.75, 3.05) is 0 Å². The lowest BCUT2D eigenvalue weighted by atomic mass is 10.2. The van der Waals surface area contributed by atoms with Crippen LogP contribution in [-0.4, -0.2) is 9.55 Å². The summed E-state index contributed by atoms with van der Waals surface area (Å²) in [6, 6.07) is 6.80. The van der Waals surface area contributed by atoms with Gasteiger partial charge in [-0.25, -0.2) is 9.37 Å². The second kappa shape index (κ2) is 3.19. The van der Waals surface area contributed by atoms with Crippen LogP contribution in [0.4, 0.5) is 4.39 Å². The fourth-order valence-corrected chi connectivity index (χ4v) is 2.26. The third kappa shape index (κ3) is 1.15. The van der Waals surface area contributed by atoms with Crippen LogP contribution in [0.1, 0.15) is 0 Å². The van der Waals surface area contributed by atoms with Gasteiger partial charge in [-0.3, -0.25) is 0 Å². The third-order valence-electron chi connectivity index (χ3n) is 2.82. The van der Waals surface area contributed by atoms with E-state index in [1.54, 1.807) is 22.9 Å². The van der Waals surface area contributed by atoms with E-state index >= 15 is 0 Å². The minimum Gasteiger partial charge on any atom is -0.340 e. The smallest absolute Gasteiger partial charge is 0.147 e. The van der Waals surface area contributed by atoms with Crippen molar-refractivity contribution < 1.29 is 4.39 Å². The van der Waals surface area contributed by atoms with Crippen molar-refractivity contribution in [2.24, 2.45) is 7.05 Å². The Balaban J connectivity index is 2.65. The molecule has 0 N–H and O–H groups in total. The fourth-order valence-electron chi connectivity index (χ4n) is 2.10. The van der Waals surface area contributed by atoms with Crippen molar-refractivity contribution >= 4 is 33.4 Å². The number of halogens is 2. The average molecular weight is 235 g/mol. The topological polar surface area (TPSA) is 17.8 Å². The molecule has 16 heavy (non-hydrogen) atoms. The Labute approximate surface area is 96.3 Å². The summed E-state index contributed by atoms with van der Waals surface area (Å²) < 4.78 is 15.5. The lowest BCUT2D eigenvalue weighted by Gasteiger charge is -1.97. The number of pyridine rings is 1. The molecule has 2 heterocycles. The highest BCUT2D eigenvalue weighted by molar-refractivity contribution is 6.30. The molecule has 0 saturated heterocycles. The van der Waals surface area contributed by atoms with Crippen LogP contribution in [0.15, 0.2) is 30.5 Å². The molecule has 0 spiro atoms. The quantitative estimate of drug-likeness (QED) is 0.544. The molecule has 0 unspecified atom stereocenters. The Morgan fingerprint density at radius 2 is 2.12 bits per heavy atom. The van der Waals surface area contributed by atoms with Crippen LogP contribution in [0.3, 0.4) is 0 Å². The lowest BCUT2D eigenvalue weighted by Crippen LogP contribution is -1.89. The number of benzene rings is 1. The van der Waals surface area contributed by atoms with Crippen molar-refractivity contribution in [3.8, 4) is 0 Å². The summed E-state index contributed by atoms with van der Waals surface area (Å²) in [6.45, 7) is 0. The van der Waals surface area contributed by atoms with Gasteiger partial charge in [0.2, 0.25) is 0 Å². The summed E-state index contributed by atoms with van der Waals surface area (Å²) >= 11 is 5.85. The first-order valence-electron chi connectivity index (χ1n) is 4.86. The molecule has 0 amide bonds. The Morgan fingerprint density at radius 1 is 1.31 bits per heavy atom. The standard InChI is InChI=1S/C12H8ClFN2/c1-16-10-6-15-11(13)5-8(10)7-3-2-4-9(14)12(7)16/h2-6H,1H3. The van der Waals surface area contributed by atoms with E-state index in [9.17, 15) is 4.39 Å². The summed E-state index contributed by atoms with van der Waals surface area (Å²) in [5.41, 5.74) is 1.46. The van der Waals surface area contributed by atoms with Gasteiger partial charge in [0.25, 0.3) is 0 Å². The molecule has 1 aromatic carbocycles. The monoisotopic (exact) mass is 234 g/mol. The molecule has 0 aliphatic carbocycles. The van der Waals surface area contributed by atoms with E-state index in [4.69, 9.17) is 11.6 Å². The van der Waals surface area contributed by atoms with Crippen LogP contribution < -0.4 is 0 Å². The summed E-state index contributed by atoms with van der Waals surface area (Å²) in [4.78, 5) is 4.02. The minimum absolute atomic E-state index is 0.229. The van der Waals surface area contributed by atoms with Crippen LogP contribution in [-0.2, 0) is 7.05 Å². The fraction of sp³-hybridized carbons (Fsp3) is 0.0833. The summed E-state index contributed by atoms with van der Waals surface area (Å²) in [5.74, 6) is -0.229. The van der Waals surface area contributed by atoms with E-state index in [1.165, 1.54) is 6.07 Å². The van der Waals surface area contributed by atoms with E-state index in [0.717, 1.165) is 16.3 Å². The first kappa shape index (κ1) is 9.60. The average Bonchev–Trinajstić information content (AvgIpc) is 2.54. The van der Waals surface area contributed by atoms with Gasteiger partial charge in [0, 0.05) is 17.8 Å². The number of hydrogen-bond donors (Lipinski definition) is 0. The van der Waals surface area contributed by atoms with Gasteiger partial charge in [-0.05, 0) is 12.1 Å². The molecule has 80 valence electrons. The molecule has 3 rings (SSSR count). The predicted molar refractivity (Wildman–Crippen MR) is 63.2 cm³/mol. The molecule has 0 bridgehead atoms. The van der Waals surface area contributed by atoms with Gasteiger partial charge >= 0.3 is 0 Å². The van der Waals surface area contributed by atoms with Gasteiger partial charge in [0.1, 0.15) is 11.0 Å². The van der Waals surface area contributed by atoms with Crippen LogP contribution in [0.2, 0.25) is 5.15 Å². The maximum absolute atomic E-state index is 13.7. The van der Waals surface area contributed by atoms with E-state index < -0.39 is 0 Å². The van der Waals surface area contributed by atoms with Gasteiger partial charge < -0.3 is 4.57 Å². The molecule has 2 aromatic heterocycles. The Kier molecular flexibility index (Phi) is 1.91. The highest BCUT2D eigenvalue weighted by Gasteiger charge is 2.11. The van der Waals surface area contributed by atoms with Crippen LogP contribution >= 0.6 is 11.6 Å². The normalized spacial score (nSPS) is 11.4. The first-order valence-corrected chi connectivity index (χ1v) is 5.24. The van der Waals surface area contributed by atoms with Crippen molar-refractivity contribution in [1.29, 1.82) is 0 Å². The second-order valence-corrected chi connectivity index (χ2v) is 4.11. The maximum Gasteiger partial charge on any atom is 0.147 e. The van der Waals surface area contributed by atoms with E-state index in [2.05, 4.69) is 4.98 Å². The number of rotatable bonds is 0. The van der Waals surface area contributed by atoms with Crippen molar-refractivity contribution in [2.45, 2.75) is 0 Å². The van der Waals surface area contributed by atoms with Gasteiger partial charge in [-0.1, -0.05) is 23.7 Å². The van der Waals surface area contributed by atoms with Gasteiger partial charge in [-0.15, -0.1) is 0 Å². The zero-order valence-electron chi connectivity index (χ0n) is 8.54. The Hall–Kier alpha value is -1.61. The Morgan fingerprint density at radius 3 is 2.94 bits per heavy atom. The zero-order valence-corrected chi connectivity index (χ0v) is 9.29. The molecular formula is C12H8ClFN2. The molecule has 3 aromatic rings. The Bertz CT molecular complexity index is 703. The lowest BCUT2D eigenvalue weighted by molar-refractivity contribution is 0.633. The van der Waals surface area contributed by atoms with Gasteiger partial charge in [0.05, 0.1) is 17.2 Å². The summed E-state index contributed by atoms with van der Waals surface area (Å²) in [5, 5.41) is 2.21. The molecule has 0 aliphatic heterocycles. The van der Waals surface area contributed by atoms with Crippen molar-refractivity contribution in [3.05, 3.63) is 41.4 Å². The number of para-hydroxylation sites is 1. The third-order valence-corrected chi connectivity index (χ3v) is 3.03. The first-order chi connectivity index (χ1) is 7.68. The van der Waals surface area contributed by atoms with E-state index in [-0.39, 0.29) is 5.82 Å². The van der Waals surface area contributed by atoms with Crippen LogP contribution in [0, 0.1) is 5.82 Å². The van der Waals surface area contributed by atoms with Crippen LogP contribution in [0.5, 0.6) is 0 Å². The van der Waals surface area contributed by atoms with Crippen molar-refractivity contribution in [1.82, 2.24) is 9.55 Å². The number of aryl methyl sites for hydroxylation is 1. The van der Waals surface area contributed by atoms with Crippen LogP contribution in [0.25, 0.3) is 21.8 Å². The predicted octanol–water partition coefficient (Wildman–Crippen LogP) is 3.52. The van der Waals surface area contributed by atoms with E-state index in [0.29, 0.717) is 10.7 Å². The van der Waals surface area contributed by atoms with Gasteiger partial charge in [-0.2, -0.15) is 0 Å². The summed E-state index contributed by atoms with van der Waals surface area (Å²) in [6.07, 6.45) is 1.66. The molecule has 0 radical (unpaired) electrons. The highest BCUT2D eigenvalue weighted by atomic mass is 35.5. The zero-order chi connectivity index (χ0) is 11.3. The molecule has 0 fully saturated rings. The van der Waals surface area contributed by atoms with E-state index in [1.807, 2.05) is 13.1 Å². The summed E-state index contributed by atoms with van der Waals surface area (Å²) in [7, 11) is 1.82.